The number of thioether (sulfide) groups is 1. The largest absolute Gasteiger partial charge is 0.351 e. The Morgan fingerprint density at radius 3 is 2.46 bits per heavy atom. The van der Waals surface area contributed by atoms with Gasteiger partial charge in [0.05, 0.1) is 5.25 Å². The predicted octanol–water partition coefficient (Wildman–Crippen LogP) is 2.09. The van der Waals surface area contributed by atoms with Crippen molar-refractivity contribution in [2.75, 3.05) is 0 Å². The normalized spacial score (nSPS) is 18.3. The van der Waals surface area contributed by atoms with Gasteiger partial charge < -0.3 is 5.32 Å². The molecular formula is C19H25N5O3S. The summed E-state index contributed by atoms with van der Waals surface area (Å²) in [5.74, 6) is 0.812. The molecule has 28 heavy (non-hydrogen) atoms. The monoisotopic (exact) mass is 403 g/mol. The van der Waals surface area contributed by atoms with E-state index in [0.717, 1.165) is 25.7 Å². The number of nitrogens with one attached hydrogen (secondary N) is 2. The minimum atomic E-state index is -0.495. The van der Waals surface area contributed by atoms with Gasteiger partial charge in [0, 0.05) is 17.5 Å². The Balaban J connectivity index is 1.81. The van der Waals surface area contributed by atoms with Gasteiger partial charge in [0.1, 0.15) is 16.2 Å². The highest BCUT2D eigenvalue weighted by atomic mass is 32.2. The van der Waals surface area contributed by atoms with Crippen molar-refractivity contribution < 1.29 is 4.79 Å². The van der Waals surface area contributed by atoms with E-state index in [-0.39, 0.29) is 23.4 Å². The van der Waals surface area contributed by atoms with Gasteiger partial charge in [-0.25, -0.2) is 14.8 Å². The summed E-state index contributed by atoms with van der Waals surface area (Å²) in [5.41, 5.74) is -0.859. The van der Waals surface area contributed by atoms with Crippen LogP contribution in [0.3, 0.4) is 0 Å². The molecule has 0 saturated heterocycles. The van der Waals surface area contributed by atoms with E-state index in [9.17, 15) is 14.4 Å². The van der Waals surface area contributed by atoms with Crippen molar-refractivity contribution in [2.24, 2.45) is 0 Å². The van der Waals surface area contributed by atoms with Crippen molar-refractivity contribution in [3.05, 3.63) is 26.7 Å². The fraction of sp³-hybridized carbons (Fsp3) is 0.632. The standard InChI is InChI=1S/C19H25N5O3S/c1-9(15(25)23-19(2,3)4)28-17-12-14(20-13(21-17)10-5-6-10)24(11-7-8-11)18(27)22-16(12)26/h9-11H,5-8H2,1-4H3,(H,23,25)(H,22,26,27). The van der Waals surface area contributed by atoms with Crippen LogP contribution >= 0.6 is 11.8 Å². The molecule has 2 aliphatic rings. The van der Waals surface area contributed by atoms with Crippen LogP contribution in [0.1, 0.15) is 71.2 Å². The van der Waals surface area contributed by atoms with Crippen LogP contribution in [0.4, 0.5) is 0 Å². The lowest BCUT2D eigenvalue weighted by molar-refractivity contribution is -0.121. The second kappa shape index (κ2) is 6.72. The summed E-state index contributed by atoms with van der Waals surface area (Å²) in [6.45, 7) is 7.56. The number of aromatic nitrogens is 4. The Morgan fingerprint density at radius 1 is 1.21 bits per heavy atom. The molecular weight excluding hydrogens is 378 g/mol. The third-order valence-corrected chi connectivity index (χ3v) is 5.87. The Labute approximate surface area is 166 Å². The summed E-state index contributed by atoms with van der Waals surface area (Å²) in [6, 6.07) is 0.0771. The molecule has 2 saturated carbocycles. The van der Waals surface area contributed by atoms with E-state index < -0.39 is 16.5 Å². The zero-order valence-corrected chi connectivity index (χ0v) is 17.4. The summed E-state index contributed by atoms with van der Waals surface area (Å²) in [7, 11) is 0. The summed E-state index contributed by atoms with van der Waals surface area (Å²) < 4.78 is 1.59. The number of hydrogen-bond donors (Lipinski definition) is 2. The fourth-order valence-electron chi connectivity index (χ4n) is 3.11. The molecule has 0 aromatic carbocycles. The molecule has 2 fully saturated rings. The van der Waals surface area contributed by atoms with Gasteiger partial charge in [0.25, 0.3) is 5.56 Å². The number of carbonyl (C=O) groups is 1. The molecule has 1 atom stereocenters. The summed E-state index contributed by atoms with van der Waals surface area (Å²) in [6.07, 6.45) is 3.81. The van der Waals surface area contributed by atoms with Gasteiger partial charge in [-0.05, 0) is 53.4 Å². The molecule has 8 nitrogen and oxygen atoms in total. The first-order valence-electron chi connectivity index (χ1n) is 9.69. The molecule has 0 bridgehead atoms. The number of carbonyl (C=O) groups excluding carboxylic acids is 1. The zero-order valence-electron chi connectivity index (χ0n) is 16.5. The number of aromatic amines is 1. The molecule has 0 radical (unpaired) electrons. The first-order chi connectivity index (χ1) is 13.1. The highest BCUT2D eigenvalue weighted by Gasteiger charge is 2.33. The highest BCUT2D eigenvalue weighted by Crippen LogP contribution is 2.41. The SMILES string of the molecule is CC(Sc1nc(C2CC2)nc2c1c(=O)[nH]c(=O)n2C1CC1)C(=O)NC(C)(C)C. The van der Waals surface area contributed by atoms with Crippen LogP contribution < -0.4 is 16.6 Å². The van der Waals surface area contributed by atoms with Gasteiger partial charge in [0.2, 0.25) is 5.91 Å². The predicted molar refractivity (Wildman–Crippen MR) is 108 cm³/mol. The van der Waals surface area contributed by atoms with Crippen LogP contribution in [-0.2, 0) is 4.79 Å². The fourth-order valence-corrected chi connectivity index (χ4v) is 4.06. The second-order valence-electron chi connectivity index (χ2n) is 8.72. The van der Waals surface area contributed by atoms with Crippen LogP contribution in [-0.4, -0.2) is 36.2 Å². The van der Waals surface area contributed by atoms with Crippen molar-refractivity contribution in [2.45, 2.75) is 81.2 Å². The van der Waals surface area contributed by atoms with Crippen molar-refractivity contribution in [1.82, 2.24) is 24.8 Å². The van der Waals surface area contributed by atoms with Gasteiger partial charge in [-0.15, -0.1) is 0 Å². The maximum Gasteiger partial charge on any atom is 0.330 e. The van der Waals surface area contributed by atoms with E-state index in [0.29, 0.717) is 21.9 Å². The van der Waals surface area contributed by atoms with E-state index in [1.165, 1.54) is 11.8 Å². The van der Waals surface area contributed by atoms with Gasteiger partial charge in [-0.2, -0.15) is 0 Å². The maximum absolute atomic E-state index is 12.6. The third kappa shape index (κ3) is 3.85. The molecule has 0 aliphatic heterocycles. The third-order valence-electron chi connectivity index (χ3n) is 4.78. The lowest BCUT2D eigenvalue weighted by atomic mass is 10.1. The number of hydrogen-bond acceptors (Lipinski definition) is 6. The quantitative estimate of drug-likeness (QED) is 0.584. The molecule has 2 aromatic heterocycles. The van der Waals surface area contributed by atoms with Crippen molar-refractivity contribution in [3.63, 3.8) is 0 Å². The maximum atomic E-state index is 12.6. The van der Waals surface area contributed by atoms with Gasteiger partial charge >= 0.3 is 5.69 Å². The van der Waals surface area contributed by atoms with Crippen LogP contribution in [0.2, 0.25) is 0 Å². The molecule has 1 unspecified atom stereocenters. The molecule has 2 aromatic rings. The molecule has 1 amide bonds. The number of nitrogens with zero attached hydrogens (tertiary/aromatic N) is 3. The van der Waals surface area contributed by atoms with E-state index >= 15 is 0 Å². The molecule has 150 valence electrons. The van der Waals surface area contributed by atoms with Gasteiger partial charge in [-0.1, -0.05) is 11.8 Å². The average Bonchev–Trinajstić information content (AvgIpc) is 3.44. The van der Waals surface area contributed by atoms with Crippen LogP contribution in [0.25, 0.3) is 11.0 Å². The van der Waals surface area contributed by atoms with E-state index in [1.807, 2.05) is 20.8 Å². The van der Waals surface area contributed by atoms with Gasteiger partial charge in [0.15, 0.2) is 5.65 Å². The number of fused-ring (bicyclic) bond motifs is 1. The molecule has 2 aliphatic carbocycles. The van der Waals surface area contributed by atoms with E-state index in [1.54, 1.807) is 11.5 Å². The lowest BCUT2D eigenvalue weighted by Crippen LogP contribution is -2.44. The molecule has 2 N–H and O–H groups in total. The number of rotatable bonds is 5. The molecule has 2 heterocycles. The summed E-state index contributed by atoms with van der Waals surface area (Å²) >= 11 is 1.24. The van der Waals surface area contributed by atoms with E-state index in [4.69, 9.17) is 0 Å². The van der Waals surface area contributed by atoms with Crippen molar-refractivity contribution >= 4 is 28.7 Å². The number of H-pyrrole nitrogens is 1. The average molecular weight is 404 g/mol. The van der Waals surface area contributed by atoms with E-state index in [2.05, 4.69) is 20.3 Å². The number of amides is 1. The zero-order chi connectivity index (χ0) is 20.2. The Kier molecular flexibility index (Phi) is 4.60. The van der Waals surface area contributed by atoms with Crippen molar-refractivity contribution in [1.29, 1.82) is 0 Å². The topological polar surface area (TPSA) is 110 Å². The van der Waals surface area contributed by atoms with Crippen molar-refractivity contribution in [3.8, 4) is 0 Å². The van der Waals surface area contributed by atoms with Crippen LogP contribution in [0.15, 0.2) is 14.6 Å². The smallest absolute Gasteiger partial charge is 0.330 e. The van der Waals surface area contributed by atoms with Gasteiger partial charge in [-0.3, -0.25) is 19.1 Å². The minimum Gasteiger partial charge on any atom is -0.351 e. The minimum absolute atomic E-state index is 0.0771. The Hall–Kier alpha value is -2.16. The summed E-state index contributed by atoms with van der Waals surface area (Å²) in [5, 5.41) is 3.29. The molecule has 9 heteroatoms. The van der Waals surface area contributed by atoms with Crippen LogP contribution in [0, 0.1) is 0 Å². The van der Waals surface area contributed by atoms with Crippen LogP contribution in [0.5, 0.6) is 0 Å². The summed E-state index contributed by atoms with van der Waals surface area (Å²) in [4.78, 5) is 49.2. The highest BCUT2D eigenvalue weighted by molar-refractivity contribution is 8.00. The first kappa shape index (κ1) is 19.2. The second-order valence-corrected chi connectivity index (χ2v) is 10.0. The lowest BCUT2D eigenvalue weighted by Gasteiger charge is -2.23. The Bertz CT molecular complexity index is 1060. The first-order valence-corrected chi connectivity index (χ1v) is 10.6. The molecule has 4 rings (SSSR count). The molecule has 0 spiro atoms. The Morgan fingerprint density at radius 2 is 1.89 bits per heavy atom.